The Morgan fingerprint density at radius 2 is 0.978 bits per heavy atom. The maximum Gasteiger partial charge on any atom is 0.143 e. The molecule has 0 unspecified atom stereocenters. The van der Waals surface area contributed by atoms with Crippen LogP contribution in [0.3, 0.4) is 0 Å². The average Bonchev–Trinajstić information content (AvgIpc) is 3.46. The molecule has 9 aromatic rings. The number of benzene rings is 8. The quantitative estimate of drug-likeness (QED) is 0.191. The van der Waals surface area contributed by atoms with Gasteiger partial charge in [0.25, 0.3) is 0 Å². The van der Waals surface area contributed by atoms with E-state index in [2.05, 4.69) is 148 Å². The van der Waals surface area contributed by atoms with Crippen molar-refractivity contribution in [2.45, 2.75) is 26.2 Å². The maximum absolute atomic E-state index is 6.40. The highest BCUT2D eigenvalue weighted by molar-refractivity contribution is 6.27. The Balaban J connectivity index is 1.24. The van der Waals surface area contributed by atoms with Gasteiger partial charge in [0.1, 0.15) is 11.2 Å². The summed E-state index contributed by atoms with van der Waals surface area (Å²) in [6.45, 7) is 6.84. The molecule has 45 heavy (non-hydrogen) atoms. The molecule has 214 valence electrons. The minimum Gasteiger partial charge on any atom is -0.455 e. The van der Waals surface area contributed by atoms with Gasteiger partial charge in [-0.15, -0.1) is 0 Å². The first kappa shape index (κ1) is 26.0. The van der Waals surface area contributed by atoms with Crippen LogP contribution in [0.4, 0.5) is 0 Å². The van der Waals surface area contributed by atoms with Crippen molar-refractivity contribution < 1.29 is 4.42 Å². The molecule has 9 rings (SSSR count). The Morgan fingerprint density at radius 1 is 0.422 bits per heavy atom. The highest BCUT2D eigenvalue weighted by Gasteiger charge is 2.18. The Bertz CT molecular complexity index is 2570. The minimum absolute atomic E-state index is 0.0964. The normalized spacial score (nSPS) is 12.3. The van der Waals surface area contributed by atoms with E-state index in [0.29, 0.717) is 0 Å². The first-order valence-electron chi connectivity index (χ1n) is 15.8. The van der Waals surface area contributed by atoms with E-state index in [0.717, 1.165) is 33.1 Å². The summed E-state index contributed by atoms with van der Waals surface area (Å²) in [4.78, 5) is 0. The third-order valence-electron chi connectivity index (χ3n) is 9.59. The van der Waals surface area contributed by atoms with E-state index >= 15 is 0 Å². The predicted molar refractivity (Wildman–Crippen MR) is 192 cm³/mol. The van der Waals surface area contributed by atoms with Gasteiger partial charge in [0, 0.05) is 16.3 Å². The number of hydrogen-bond acceptors (Lipinski definition) is 1. The molecule has 0 fully saturated rings. The Kier molecular flexibility index (Phi) is 5.53. The highest BCUT2D eigenvalue weighted by Crippen LogP contribution is 2.44. The van der Waals surface area contributed by atoms with Crippen molar-refractivity contribution in [3.8, 4) is 33.4 Å². The van der Waals surface area contributed by atoms with Gasteiger partial charge in [-0.25, -0.2) is 0 Å². The second-order valence-electron chi connectivity index (χ2n) is 13.3. The van der Waals surface area contributed by atoms with Gasteiger partial charge in [0.15, 0.2) is 0 Å². The van der Waals surface area contributed by atoms with Gasteiger partial charge < -0.3 is 4.42 Å². The predicted octanol–water partition coefficient (Wildman–Crippen LogP) is 12.8. The fourth-order valence-electron chi connectivity index (χ4n) is 7.29. The molecule has 0 aliphatic rings. The van der Waals surface area contributed by atoms with Gasteiger partial charge in [-0.05, 0) is 83.2 Å². The lowest BCUT2D eigenvalue weighted by Crippen LogP contribution is -2.10. The van der Waals surface area contributed by atoms with Crippen LogP contribution in [0.1, 0.15) is 26.3 Å². The molecule has 0 saturated carbocycles. The summed E-state index contributed by atoms with van der Waals surface area (Å²) in [5, 5.41) is 10.1. The van der Waals surface area contributed by atoms with E-state index in [9.17, 15) is 0 Å². The first-order valence-corrected chi connectivity index (χ1v) is 15.8. The maximum atomic E-state index is 6.40. The first-order chi connectivity index (χ1) is 21.9. The molecule has 0 bridgehead atoms. The summed E-state index contributed by atoms with van der Waals surface area (Å²) in [5.41, 5.74) is 10.6. The summed E-state index contributed by atoms with van der Waals surface area (Å²) >= 11 is 0. The van der Waals surface area contributed by atoms with Crippen molar-refractivity contribution in [2.75, 3.05) is 0 Å². The lowest BCUT2D eigenvalue weighted by molar-refractivity contribution is 0.590. The van der Waals surface area contributed by atoms with Crippen molar-refractivity contribution >= 4 is 54.3 Å². The van der Waals surface area contributed by atoms with Crippen molar-refractivity contribution in [3.05, 3.63) is 145 Å². The van der Waals surface area contributed by atoms with Crippen LogP contribution in [0.15, 0.2) is 144 Å². The number of furan rings is 1. The zero-order valence-electron chi connectivity index (χ0n) is 25.7. The SMILES string of the molecule is CC(C)(C)c1cccc(-c2ccc3ccc4c(-c5cccc(-c6cccc7c6oc6ccccc67)c5)ccc5ccc2c3c54)c1. The molecule has 8 aromatic carbocycles. The summed E-state index contributed by atoms with van der Waals surface area (Å²) in [5.74, 6) is 0. The lowest BCUT2D eigenvalue weighted by atomic mass is 9.84. The molecule has 0 N–H and O–H groups in total. The van der Waals surface area contributed by atoms with Crippen LogP contribution in [-0.4, -0.2) is 0 Å². The molecule has 0 radical (unpaired) electrons. The second-order valence-corrected chi connectivity index (χ2v) is 13.3. The minimum atomic E-state index is 0.0964. The second kappa shape index (κ2) is 9.55. The monoisotopic (exact) mass is 576 g/mol. The fourth-order valence-corrected chi connectivity index (χ4v) is 7.29. The third kappa shape index (κ3) is 4.01. The van der Waals surface area contributed by atoms with E-state index in [1.54, 1.807) is 0 Å². The molecule has 0 spiro atoms. The van der Waals surface area contributed by atoms with Crippen LogP contribution in [0.25, 0.3) is 87.6 Å². The van der Waals surface area contributed by atoms with Gasteiger partial charge in [-0.1, -0.05) is 148 Å². The zero-order chi connectivity index (χ0) is 30.3. The number of hydrogen-bond donors (Lipinski definition) is 0. The molecule has 1 aromatic heterocycles. The molecule has 0 saturated heterocycles. The summed E-state index contributed by atoms with van der Waals surface area (Å²) < 4.78 is 6.40. The van der Waals surface area contributed by atoms with Crippen LogP contribution in [0.2, 0.25) is 0 Å². The van der Waals surface area contributed by atoms with E-state index in [4.69, 9.17) is 4.42 Å². The van der Waals surface area contributed by atoms with Gasteiger partial charge in [-0.3, -0.25) is 0 Å². The molecular formula is C44H32O. The van der Waals surface area contributed by atoms with Crippen molar-refractivity contribution in [3.63, 3.8) is 0 Å². The number of para-hydroxylation sites is 2. The van der Waals surface area contributed by atoms with E-state index < -0.39 is 0 Å². The molecule has 1 heterocycles. The fraction of sp³-hybridized carbons (Fsp3) is 0.0909. The smallest absolute Gasteiger partial charge is 0.143 e. The molecule has 0 atom stereocenters. The van der Waals surface area contributed by atoms with Crippen molar-refractivity contribution in [1.29, 1.82) is 0 Å². The standard InChI is InChI=1S/C44H32O/c1-44(2,3)32-12-7-11-31(26-32)34-22-18-28-19-23-37-33(21-17-27-20-24-38(34)42(28)41(27)37)29-9-6-10-30(25-29)35-14-8-15-39-36-13-4-5-16-40(36)45-43(35)39/h4-26H,1-3H3. The van der Waals surface area contributed by atoms with Crippen LogP contribution in [-0.2, 0) is 5.41 Å². The van der Waals surface area contributed by atoms with Gasteiger partial charge in [0.2, 0.25) is 0 Å². The van der Waals surface area contributed by atoms with Crippen molar-refractivity contribution in [1.82, 2.24) is 0 Å². The van der Waals surface area contributed by atoms with Crippen LogP contribution >= 0.6 is 0 Å². The largest absolute Gasteiger partial charge is 0.455 e. The topological polar surface area (TPSA) is 13.1 Å². The molecule has 0 aliphatic carbocycles. The average molecular weight is 577 g/mol. The van der Waals surface area contributed by atoms with Crippen LogP contribution < -0.4 is 0 Å². The van der Waals surface area contributed by atoms with Gasteiger partial charge in [0.05, 0.1) is 0 Å². The van der Waals surface area contributed by atoms with E-state index in [1.165, 1.54) is 60.1 Å². The highest BCUT2D eigenvalue weighted by atomic mass is 16.3. The molecule has 0 aliphatic heterocycles. The van der Waals surface area contributed by atoms with Gasteiger partial charge in [-0.2, -0.15) is 0 Å². The van der Waals surface area contributed by atoms with Crippen molar-refractivity contribution in [2.24, 2.45) is 0 Å². The Morgan fingerprint density at radius 3 is 1.67 bits per heavy atom. The zero-order valence-corrected chi connectivity index (χ0v) is 25.7. The number of fused-ring (bicyclic) bond motifs is 3. The molecule has 1 nitrogen and oxygen atoms in total. The molecule has 0 amide bonds. The van der Waals surface area contributed by atoms with Gasteiger partial charge >= 0.3 is 0 Å². The number of rotatable bonds is 3. The lowest BCUT2D eigenvalue weighted by Gasteiger charge is -2.21. The Hall–Kier alpha value is -5.40. The van der Waals surface area contributed by atoms with Crippen LogP contribution in [0.5, 0.6) is 0 Å². The van der Waals surface area contributed by atoms with E-state index in [1.807, 2.05) is 12.1 Å². The van der Waals surface area contributed by atoms with Crippen LogP contribution in [0, 0.1) is 0 Å². The third-order valence-corrected chi connectivity index (χ3v) is 9.59. The summed E-state index contributed by atoms with van der Waals surface area (Å²) in [6, 6.07) is 51.1. The molecule has 1 heteroatoms. The summed E-state index contributed by atoms with van der Waals surface area (Å²) in [7, 11) is 0. The Labute approximate surface area is 262 Å². The summed E-state index contributed by atoms with van der Waals surface area (Å²) in [6.07, 6.45) is 0. The molecular weight excluding hydrogens is 544 g/mol. The van der Waals surface area contributed by atoms with E-state index in [-0.39, 0.29) is 5.41 Å².